The standard InChI is InChI=1S/C16H34N4.HI/c1-14(2)8-9-15(3)19-16(17-4)18-10-7-13-20-11-5-6-12-20;/h14-15H,5-13H2,1-4H3,(H2,17,18,19);1H. The minimum absolute atomic E-state index is 0. The van der Waals surface area contributed by atoms with Crippen LogP contribution in [0.2, 0.25) is 0 Å². The molecule has 0 saturated carbocycles. The summed E-state index contributed by atoms with van der Waals surface area (Å²) in [5.41, 5.74) is 0. The molecule has 1 fully saturated rings. The van der Waals surface area contributed by atoms with Crippen molar-refractivity contribution >= 4 is 29.9 Å². The fraction of sp³-hybridized carbons (Fsp3) is 0.938. The van der Waals surface area contributed by atoms with E-state index in [9.17, 15) is 0 Å². The molecule has 21 heavy (non-hydrogen) atoms. The number of guanidine groups is 1. The van der Waals surface area contributed by atoms with E-state index in [2.05, 4.69) is 41.3 Å². The molecule has 0 amide bonds. The van der Waals surface area contributed by atoms with Crippen molar-refractivity contribution < 1.29 is 0 Å². The number of nitrogens with zero attached hydrogens (tertiary/aromatic N) is 2. The Balaban J connectivity index is 0.00000400. The summed E-state index contributed by atoms with van der Waals surface area (Å²) in [6.07, 6.45) is 6.42. The maximum absolute atomic E-state index is 4.31. The Morgan fingerprint density at radius 2 is 1.81 bits per heavy atom. The predicted molar refractivity (Wildman–Crippen MR) is 104 cm³/mol. The van der Waals surface area contributed by atoms with E-state index in [4.69, 9.17) is 0 Å². The second-order valence-electron chi connectivity index (χ2n) is 6.42. The van der Waals surface area contributed by atoms with Gasteiger partial charge >= 0.3 is 0 Å². The molecule has 0 aliphatic carbocycles. The van der Waals surface area contributed by atoms with Crippen molar-refractivity contribution in [2.75, 3.05) is 33.2 Å². The monoisotopic (exact) mass is 410 g/mol. The largest absolute Gasteiger partial charge is 0.356 e. The van der Waals surface area contributed by atoms with Crippen molar-refractivity contribution in [1.29, 1.82) is 0 Å². The second-order valence-corrected chi connectivity index (χ2v) is 6.42. The lowest BCUT2D eigenvalue weighted by Crippen LogP contribution is -2.43. The zero-order valence-electron chi connectivity index (χ0n) is 14.3. The molecule has 1 unspecified atom stereocenters. The lowest BCUT2D eigenvalue weighted by atomic mass is 10.0. The van der Waals surface area contributed by atoms with E-state index in [1.807, 2.05) is 7.05 Å². The Bertz CT molecular complexity index is 275. The number of hydrogen-bond acceptors (Lipinski definition) is 2. The van der Waals surface area contributed by atoms with Crippen molar-refractivity contribution in [1.82, 2.24) is 15.5 Å². The van der Waals surface area contributed by atoms with E-state index in [-0.39, 0.29) is 24.0 Å². The van der Waals surface area contributed by atoms with E-state index in [0.717, 1.165) is 18.4 Å². The van der Waals surface area contributed by atoms with Crippen LogP contribution >= 0.6 is 24.0 Å². The number of nitrogens with one attached hydrogen (secondary N) is 2. The zero-order valence-corrected chi connectivity index (χ0v) is 16.7. The van der Waals surface area contributed by atoms with Gasteiger partial charge in [0.15, 0.2) is 5.96 Å². The average Bonchev–Trinajstić information content (AvgIpc) is 2.93. The second kappa shape index (κ2) is 12.5. The fourth-order valence-corrected chi connectivity index (χ4v) is 2.60. The molecule has 1 saturated heterocycles. The van der Waals surface area contributed by atoms with Crippen LogP contribution in [-0.2, 0) is 0 Å². The van der Waals surface area contributed by atoms with E-state index in [1.54, 1.807) is 0 Å². The lowest BCUT2D eigenvalue weighted by Gasteiger charge is -2.19. The van der Waals surface area contributed by atoms with Gasteiger partial charge in [-0.25, -0.2) is 0 Å². The van der Waals surface area contributed by atoms with Crippen LogP contribution in [-0.4, -0.2) is 50.1 Å². The average molecular weight is 410 g/mol. The van der Waals surface area contributed by atoms with Gasteiger partial charge in [-0.2, -0.15) is 0 Å². The summed E-state index contributed by atoms with van der Waals surface area (Å²) >= 11 is 0. The van der Waals surface area contributed by atoms with Crippen molar-refractivity contribution in [3.8, 4) is 0 Å². The highest BCUT2D eigenvalue weighted by molar-refractivity contribution is 14.0. The van der Waals surface area contributed by atoms with Gasteiger partial charge in [0.05, 0.1) is 0 Å². The molecule has 5 heteroatoms. The van der Waals surface area contributed by atoms with Crippen LogP contribution in [0.4, 0.5) is 0 Å². The van der Waals surface area contributed by atoms with E-state index in [1.165, 1.54) is 51.7 Å². The van der Waals surface area contributed by atoms with Crippen molar-refractivity contribution in [3.63, 3.8) is 0 Å². The molecule has 126 valence electrons. The summed E-state index contributed by atoms with van der Waals surface area (Å²) in [7, 11) is 1.85. The molecule has 0 radical (unpaired) electrons. The van der Waals surface area contributed by atoms with Crippen LogP contribution in [0.1, 0.15) is 52.9 Å². The quantitative estimate of drug-likeness (QED) is 0.280. The predicted octanol–water partition coefficient (Wildman–Crippen LogP) is 3.08. The number of likely N-dealkylation sites (tertiary alicyclic amines) is 1. The highest BCUT2D eigenvalue weighted by Gasteiger charge is 2.10. The normalized spacial score (nSPS) is 17.7. The maximum atomic E-state index is 4.31. The SMILES string of the molecule is CN=C(NCCCN1CCCC1)NC(C)CCC(C)C.I. The molecule has 1 heterocycles. The Labute approximate surface area is 148 Å². The molecule has 0 spiro atoms. The number of aliphatic imine (C=N–C) groups is 1. The molecular formula is C16H35IN4. The van der Waals surface area contributed by atoms with E-state index in [0.29, 0.717) is 6.04 Å². The van der Waals surface area contributed by atoms with Crippen molar-refractivity contribution in [2.24, 2.45) is 10.9 Å². The van der Waals surface area contributed by atoms with Gasteiger partial charge in [0.25, 0.3) is 0 Å². The minimum atomic E-state index is 0. The summed E-state index contributed by atoms with van der Waals surface area (Å²) < 4.78 is 0. The highest BCUT2D eigenvalue weighted by atomic mass is 127. The first-order valence-corrected chi connectivity index (χ1v) is 8.31. The molecule has 0 bridgehead atoms. The van der Waals surface area contributed by atoms with Gasteiger partial charge in [0.1, 0.15) is 0 Å². The highest BCUT2D eigenvalue weighted by Crippen LogP contribution is 2.07. The van der Waals surface area contributed by atoms with Crippen molar-refractivity contribution in [3.05, 3.63) is 0 Å². The van der Waals surface area contributed by atoms with E-state index >= 15 is 0 Å². The third-order valence-corrected chi connectivity index (χ3v) is 3.93. The van der Waals surface area contributed by atoms with Crippen LogP contribution in [0.5, 0.6) is 0 Å². The minimum Gasteiger partial charge on any atom is -0.356 e. The van der Waals surface area contributed by atoms with Gasteiger partial charge in [0, 0.05) is 19.6 Å². The maximum Gasteiger partial charge on any atom is 0.191 e. The van der Waals surface area contributed by atoms with Crippen molar-refractivity contribution in [2.45, 2.75) is 58.9 Å². The summed E-state index contributed by atoms with van der Waals surface area (Å²) in [4.78, 5) is 6.86. The molecule has 1 aliphatic heterocycles. The fourth-order valence-electron chi connectivity index (χ4n) is 2.60. The molecule has 1 aliphatic rings. The number of halogens is 1. The first kappa shape index (κ1) is 21.0. The Morgan fingerprint density at radius 3 is 2.38 bits per heavy atom. The smallest absolute Gasteiger partial charge is 0.191 e. The van der Waals surface area contributed by atoms with Gasteiger partial charge in [-0.05, 0) is 64.6 Å². The van der Waals surface area contributed by atoms with Crippen LogP contribution in [0, 0.1) is 5.92 Å². The summed E-state index contributed by atoms with van der Waals surface area (Å²) in [5, 5.41) is 6.90. The molecule has 2 N–H and O–H groups in total. The molecule has 1 rings (SSSR count). The summed E-state index contributed by atoms with van der Waals surface area (Å²) in [6.45, 7) is 11.6. The topological polar surface area (TPSA) is 39.7 Å². The van der Waals surface area contributed by atoms with Gasteiger partial charge in [-0.3, -0.25) is 4.99 Å². The van der Waals surface area contributed by atoms with Gasteiger partial charge < -0.3 is 15.5 Å². The van der Waals surface area contributed by atoms with Gasteiger partial charge in [-0.1, -0.05) is 13.8 Å². The molecule has 4 nitrogen and oxygen atoms in total. The third-order valence-electron chi connectivity index (χ3n) is 3.93. The number of hydrogen-bond donors (Lipinski definition) is 2. The molecule has 0 aromatic heterocycles. The molecule has 0 aromatic carbocycles. The van der Waals surface area contributed by atoms with Crippen LogP contribution in [0.25, 0.3) is 0 Å². The Morgan fingerprint density at radius 1 is 1.14 bits per heavy atom. The molecule has 1 atom stereocenters. The first-order valence-electron chi connectivity index (χ1n) is 8.31. The van der Waals surface area contributed by atoms with E-state index < -0.39 is 0 Å². The van der Waals surface area contributed by atoms with Crippen LogP contribution < -0.4 is 10.6 Å². The lowest BCUT2D eigenvalue weighted by molar-refractivity contribution is 0.334. The zero-order chi connectivity index (χ0) is 14.8. The number of rotatable bonds is 8. The van der Waals surface area contributed by atoms with Gasteiger partial charge in [-0.15, -0.1) is 24.0 Å². The van der Waals surface area contributed by atoms with Crippen LogP contribution in [0.15, 0.2) is 4.99 Å². The molecular weight excluding hydrogens is 375 g/mol. The van der Waals surface area contributed by atoms with Crippen LogP contribution in [0.3, 0.4) is 0 Å². The third kappa shape index (κ3) is 10.3. The first-order chi connectivity index (χ1) is 9.61. The summed E-state index contributed by atoms with van der Waals surface area (Å²) in [6, 6.07) is 0.488. The molecule has 0 aromatic rings. The Kier molecular flexibility index (Phi) is 12.5. The Hall–Kier alpha value is -0.0400. The summed E-state index contributed by atoms with van der Waals surface area (Å²) in [5.74, 6) is 1.72. The van der Waals surface area contributed by atoms with Gasteiger partial charge in [0.2, 0.25) is 0 Å².